The molecule has 2 rings (SSSR count). The van der Waals surface area contributed by atoms with E-state index in [0.717, 1.165) is 17.0 Å². The lowest BCUT2D eigenvalue weighted by Crippen LogP contribution is -2.28. The zero-order valence-corrected chi connectivity index (χ0v) is 12.4. The molecule has 0 aliphatic carbocycles. The summed E-state index contributed by atoms with van der Waals surface area (Å²) in [6, 6.07) is 11.2. The van der Waals surface area contributed by atoms with Crippen molar-refractivity contribution in [1.82, 2.24) is 4.90 Å². The van der Waals surface area contributed by atoms with E-state index in [2.05, 4.69) is 0 Å². The normalized spacial score (nSPS) is 11.0. The number of benzene rings is 1. The summed E-state index contributed by atoms with van der Waals surface area (Å²) < 4.78 is 5.71. The molecule has 21 heavy (non-hydrogen) atoms. The van der Waals surface area contributed by atoms with Gasteiger partial charge in [0.05, 0.1) is 0 Å². The molecule has 2 aromatic rings. The second kappa shape index (κ2) is 6.79. The van der Waals surface area contributed by atoms with Crippen molar-refractivity contribution in [2.24, 2.45) is 0 Å². The van der Waals surface area contributed by atoms with Crippen molar-refractivity contribution >= 4 is 17.7 Å². The van der Waals surface area contributed by atoms with Crippen LogP contribution in [0.2, 0.25) is 0 Å². The molecule has 0 aliphatic rings. The summed E-state index contributed by atoms with van der Waals surface area (Å²) in [6.45, 7) is 5.33. The molecule has 2 N–H and O–H groups in total. The van der Waals surface area contributed by atoms with Crippen molar-refractivity contribution in [1.29, 1.82) is 0 Å². The van der Waals surface area contributed by atoms with Crippen LogP contribution in [0.4, 0.5) is 5.69 Å². The van der Waals surface area contributed by atoms with Gasteiger partial charge in [-0.15, -0.1) is 0 Å². The van der Waals surface area contributed by atoms with E-state index in [0.29, 0.717) is 18.8 Å². The number of hydrogen-bond acceptors (Lipinski definition) is 3. The van der Waals surface area contributed by atoms with E-state index < -0.39 is 0 Å². The van der Waals surface area contributed by atoms with Gasteiger partial charge in [0.25, 0.3) is 0 Å². The number of carbonyl (C=O) groups excluding carboxylic acids is 1. The number of nitrogens with two attached hydrogens (primary N) is 1. The third-order valence-electron chi connectivity index (χ3n) is 3.29. The molecule has 0 bridgehead atoms. The summed E-state index contributed by atoms with van der Waals surface area (Å²) >= 11 is 0. The van der Waals surface area contributed by atoms with E-state index in [1.165, 1.54) is 0 Å². The summed E-state index contributed by atoms with van der Waals surface area (Å²) in [7, 11) is 0. The van der Waals surface area contributed by atoms with Crippen LogP contribution in [0.25, 0.3) is 17.4 Å². The number of rotatable bonds is 5. The van der Waals surface area contributed by atoms with Gasteiger partial charge in [0.2, 0.25) is 5.91 Å². The molecule has 4 heteroatoms. The number of furan rings is 1. The average molecular weight is 284 g/mol. The molecular formula is C17H20N2O2. The first-order chi connectivity index (χ1) is 10.1. The number of carbonyl (C=O) groups is 1. The predicted octanol–water partition coefficient (Wildman–Crippen LogP) is 3.41. The number of hydrogen-bond donors (Lipinski definition) is 1. The highest BCUT2D eigenvalue weighted by Crippen LogP contribution is 2.23. The molecule has 1 aromatic heterocycles. The second-order valence-corrected chi connectivity index (χ2v) is 4.67. The van der Waals surface area contributed by atoms with Crippen LogP contribution in [0.5, 0.6) is 0 Å². The molecule has 1 aromatic carbocycles. The van der Waals surface area contributed by atoms with Gasteiger partial charge in [0.15, 0.2) is 0 Å². The van der Waals surface area contributed by atoms with Gasteiger partial charge in [-0.25, -0.2) is 0 Å². The zero-order chi connectivity index (χ0) is 15.2. The fraction of sp³-hybridized carbons (Fsp3) is 0.235. The Hall–Kier alpha value is -2.49. The molecule has 110 valence electrons. The summed E-state index contributed by atoms with van der Waals surface area (Å²) in [4.78, 5) is 13.6. The largest absolute Gasteiger partial charge is 0.457 e. The number of nitrogens with zero attached hydrogens (tertiary/aromatic N) is 1. The maximum atomic E-state index is 11.9. The summed E-state index contributed by atoms with van der Waals surface area (Å²) in [5, 5.41) is 0. The summed E-state index contributed by atoms with van der Waals surface area (Å²) in [6.07, 6.45) is 3.24. The smallest absolute Gasteiger partial charge is 0.246 e. The Morgan fingerprint density at radius 2 is 1.81 bits per heavy atom. The Bertz CT molecular complexity index is 622. The maximum Gasteiger partial charge on any atom is 0.246 e. The van der Waals surface area contributed by atoms with Crippen molar-refractivity contribution in [2.45, 2.75) is 13.8 Å². The molecular weight excluding hydrogens is 264 g/mol. The van der Waals surface area contributed by atoms with Gasteiger partial charge in [0, 0.05) is 30.4 Å². The lowest BCUT2D eigenvalue weighted by atomic mass is 10.1. The SMILES string of the molecule is CCN(CC)C(=O)/C=C/c1ccc(-c2ccc(N)cc2)o1. The van der Waals surface area contributed by atoms with Crippen LogP contribution >= 0.6 is 0 Å². The van der Waals surface area contributed by atoms with E-state index in [-0.39, 0.29) is 5.91 Å². The third-order valence-corrected chi connectivity index (χ3v) is 3.29. The van der Waals surface area contributed by atoms with Crippen molar-refractivity contribution in [3.05, 3.63) is 48.2 Å². The lowest BCUT2D eigenvalue weighted by Gasteiger charge is -2.15. The van der Waals surface area contributed by atoms with E-state index in [1.807, 2.05) is 50.2 Å². The molecule has 0 aliphatic heterocycles. The van der Waals surface area contributed by atoms with Crippen LogP contribution in [0.1, 0.15) is 19.6 Å². The second-order valence-electron chi connectivity index (χ2n) is 4.67. The van der Waals surface area contributed by atoms with E-state index >= 15 is 0 Å². The van der Waals surface area contributed by atoms with Crippen LogP contribution in [0.15, 0.2) is 46.9 Å². The van der Waals surface area contributed by atoms with Gasteiger partial charge >= 0.3 is 0 Å². The Morgan fingerprint density at radius 1 is 1.14 bits per heavy atom. The molecule has 0 fully saturated rings. The van der Waals surface area contributed by atoms with E-state index in [1.54, 1.807) is 17.1 Å². The van der Waals surface area contributed by atoms with Crippen LogP contribution in [0, 0.1) is 0 Å². The van der Waals surface area contributed by atoms with Gasteiger partial charge < -0.3 is 15.1 Å². The zero-order valence-electron chi connectivity index (χ0n) is 12.4. The Labute approximate surface area is 124 Å². The van der Waals surface area contributed by atoms with Gasteiger partial charge in [-0.05, 0) is 56.3 Å². The molecule has 0 saturated carbocycles. The standard InChI is InChI=1S/C17H20N2O2/c1-3-19(4-2)17(20)12-10-15-9-11-16(21-15)13-5-7-14(18)8-6-13/h5-12H,3-4,18H2,1-2H3/b12-10+. The molecule has 0 saturated heterocycles. The highest BCUT2D eigenvalue weighted by atomic mass is 16.3. The van der Waals surface area contributed by atoms with E-state index in [4.69, 9.17) is 10.2 Å². The first kappa shape index (κ1) is 14.9. The minimum atomic E-state index is -0.00886. The highest BCUT2D eigenvalue weighted by Gasteiger charge is 2.06. The molecule has 1 amide bonds. The van der Waals surface area contributed by atoms with E-state index in [9.17, 15) is 4.79 Å². The Balaban J connectivity index is 2.10. The molecule has 0 unspecified atom stereocenters. The van der Waals surface area contributed by atoms with Crippen molar-refractivity contribution in [2.75, 3.05) is 18.8 Å². The number of anilines is 1. The topological polar surface area (TPSA) is 59.5 Å². The van der Waals surface area contributed by atoms with Gasteiger partial charge in [-0.2, -0.15) is 0 Å². The van der Waals surface area contributed by atoms with Gasteiger partial charge in [0.1, 0.15) is 11.5 Å². The van der Waals surface area contributed by atoms with Crippen molar-refractivity contribution < 1.29 is 9.21 Å². The number of likely N-dealkylation sites (N-methyl/N-ethyl adjacent to an activating group) is 1. The summed E-state index contributed by atoms with van der Waals surface area (Å²) in [5.41, 5.74) is 7.34. The van der Waals surface area contributed by atoms with Crippen LogP contribution in [0.3, 0.4) is 0 Å². The predicted molar refractivity (Wildman–Crippen MR) is 85.5 cm³/mol. The Kier molecular flexibility index (Phi) is 4.82. The molecule has 0 atom stereocenters. The van der Waals surface area contributed by atoms with Crippen molar-refractivity contribution in [3.8, 4) is 11.3 Å². The average Bonchev–Trinajstić information content (AvgIpc) is 2.96. The van der Waals surface area contributed by atoms with Crippen LogP contribution in [-0.2, 0) is 4.79 Å². The first-order valence-corrected chi connectivity index (χ1v) is 7.06. The maximum absolute atomic E-state index is 11.9. The minimum Gasteiger partial charge on any atom is -0.457 e. The first-order valence-electron chi connectivity index (χ1n) is 7.06. The highest BCUT2D eigenvalue weighted by molar-refractivity contribution is 5.91. The fourth-order valence-corrected chi connectivity index (χ4v) is 2.04. The monoisotopic (exact) mass is 284 g/mol. The summed E-state index contributed by atoms with van der Waals surface area (Å²) in [5.74, 6) is 1.40. The quantitative estimate of drug-likeness (QED) is 0.676. The van der Waals surface area contributed by atoms with Gasteiger partial charge in [-0.3, -0.25) is 4.79 Å². The molecule has 1 heterocycles. The minimum absolute atomic E-state index is 0.00886. The Morgan fingerprint density at radius 3 is 2.43 bits per heavy atom. The number of amides is 1. The fourth-order valence-electron chi connectivity index (χ4n) is 2.04. The molecule has 4 nitrogen and oxygen atoms in total. The lowest BCUT2D eigenvalue weighted by molar-refractivity contribution is -0.125. The third kappa shape index (κ3) is 3.75. The van der Waals surface area contributed by atoms with Crippen LogP contribution in [-0.4, -0.2) is 23.9 Å². The van der Waals surface area contributed by atoms with Crippen LogP contribution < -0.4 is 5.73 Å². The van der Waals surface area contributed by atoms with Gasteiger partial charge in [-0.1, -0.05) is 0 Å². The molecule has 0 spiro atoms. The van der Waals surface area contributed by atoms with Crippen molar-refractivity contribution in [3.63, 3.8) is 0 Å². The molecule has 0 radical (unpaired) electrons. The number of nitrogen functional groups attached to an aromatic ring is 1.